The van der Waals surface area contributed by atoms with Gasteiger partial charge in [-0.1, -0.05) is 12.1 Å². The van der Waals surface area contributed by atoms with Crippen LogP contribution in [0.4, 0.5) is 10.5 Å². The molecule has 2 fully saturated rings. The van der Waals surface area contributed by atoms with Crippen LogP contribution >= 0.6 is 0 Å². The van der Waals surface area contributed by atoms with Crippen LogP contribution in [0.15, 0.2) is 48.5 Å². The van der Waals surface area contributed by atoms with Gasteiger partial charge in [0.15, 0.2) is 0 Å². The van der Waals surface area contributed by atoms with Gasteiger partial charge < -0.3 is 26.2 Å². The minimum Gasteiger partial charge on any atom is -0.457 e. The number of nitrogens with two attached hydrogens (primary N) is 1. The van der Waals surface area contributed by atoms with Crippen molar-refractivity contribution in [2.75, 3.05) is 11.9 Å². The number of carbonyl (C=O) groups excluding carboxylic acids is 2. The zero-order chi connectivity index (χ0) is 21.1. The number of hydrogen-bond donors (Lipinski definition) is 4. The third kappa shape index (κ3) is 4.91. The number of hydrogen-bond acceptors (Lipinski definition) is 4. The molecule has 2 aliphatic rings. The van der Waals surface area contributed by atoms with Gasteiger partial charge in [-0.2, -0.15) is 0 Å². The number of nitrogens with one attached hydrogen (secondary N) is 2. The van der Waals surface area contributed by atoms with E-state index in [0.717, 1.165) is 25.7 Å². The van der Waals surface area contributed by atoms with E-state index in [1.807, 2.05) is 0 Å². The Kier molecular flexibility index (Phi) is 5.90. The van der Waals surface area contributed by atoms with Crippen molar-refractivity contribution in [2.24, 2.45) is 23.5 Å². The van der Waals surface area contributed by atoms with Gasteiger partial charge >= 0.3 is 6.03 Å². The first-order chi connectivity index (χ1) is 14.5. The van der Waals surface area contributed by atoms with Gasteiger partial charge in [0.25, 0.3) is 5.91 Å². The lowest BCUT2D eigenvalue weighted by atomic mass is 9.92. The van der Waals surface area contributed by atoms with E-state index in [4.69, 9.17) is 10.5 Å². The van der Waals surface area contributed by atoms with Crippen molar-refractivity contribution < 1.29 is 19.4 Å². The van der Waals surface area contributed by atoms with Crippen LogP contribution in [-0.2, 0) is 0 Å². The molecule has 0 radical (unpaired) electrons. The average Bonchev–Trinajstić information content (AvgIpc) is 3.63. The number of ether oxygens (including phenoxy) is 1. The molecule has 0 aromatic heterocycles. The second-order valence-corrected chi connectivity index (χ2v) is 8.13. The van der Waals surface area contributed by atoms with E-state index in [2.05, 4.69) is 10.6 Å². The summed E-state index contributed by atoms with van der Waals surface area (Å²) in [5.41, 5.74) is 6.31. The van der Waals surface area contributed by atoms with E-state index in [0.29, 0.717) is 34.6 Å². The Morgan fingerprint density at radius 1 is 1.03 bits per heavy atom. The molecule has 2 aromatic carbocycles. The molecule has 7 heteroatoms. The van der Waals surface area contributed by atoms with Gasteiger partial charge in [-0.25, -0.2) is 4.79 Å². The Balaban J connectivity index is 1.36. The van der Waals surface area contributed by atoms with Crippen LogP contribution in [0, 0.1) is 17.8 Å². The Bertz CT molecular complexity index is 907. The van der Waals surface area contributed by atoms with Crippen molar-refractivity contribution in [2.45, 2.75) is 31.7 Å². The maximum Gasteiger partial charge on any atom is 0.319 e. The standard InChI is InChI=1S/C23H27N3O4/c24-22(28)18-3-1-2-4-20(18)30-17-11-9-16(10-12-17)25-23(29)26-21(15-7-8-15)19(13-27)14-5-6-14/h1-4,9-12,14-15,19,21,27H,5-8,13H2,(H2,24,28)(H2,25,26,29). The van der Waals surface area contributed by atoms with Crippen LogP contribution in [0.1, 0.15) is 36.0 Å². The number of amides is 3. The highest BCUT2D eigenvalue weighted by molar-refractivity contribution is 5.95. The van der Waals surface area contributed by atoms with Gasteiger partial charge in [-0.3, -0.25) is 4.79 Å². The molecule has 7 nitrogen and oxygen atoms in total. The molecule has 2 aliphatic carbocycles. The van der Waals surface area contributed by atoms with Crippen LogP contribution in [-0.4, -0.2) is 29.7 Å². The summed E-state index contributed by atoms with van der Waals surface area (Å²) in [6.07, 6.45) is 4.48. The molecule has 158 valence electrons. The summed E-state index contributed by atoms with van der Waals surface area (Å²) in [5, 5.41) is 15.7. The molecule has 0 heterocycles. The van der Waals surface area contributed by atoms with Gasteiger partial charge in [-0.15, -0.1) is 0 Å². The van der Waals surface area contributed by atoms with Crippen molar-refractivity contribution in [1.29, 1.82) is 0 Å². The number of aliphatic hydroxyl groups excluding tert-OH is 1. The van der Waals surface area contributed by atoms with Gasteiger partial charge in [0.1, 0.15) is 11.5 Å². The zero-order valence-corrected chi connectivity index (χ0v) is 16.7. The van der Waals surface area contributed by atoms with E-state index in [9.17, 15) is 14.7 Å². The molecular formula is C23H27N3O4. The third-order valence-corrected chi connectivity index (χ3v) is 5.82. The van der Waals surface area contributed by atoms with Gasteiger partial charge in [0.2, 0.25) is 0 Å². The van der Waals surface area contributed by atoms with Crippen LogP contribution in [0.5, 0.6) is 11.5 Å². The Hall–Kier alpha value is -3.06. The van der Waals surface area contributed by atoms with Crippen LogP contribution in [0.2, 0.25) is 0 Å². The molecule has 2 unspecified atom stereocenters. The Morgan fingerprint density at radius 2 is 1.70 bits per heavy atom. The zero-order valence-electron chi connectivity index (χ0n) is 16.7. The molecular weight excluding hydrogens is 382 g/mol. The van der Waals surface area contributed by atoms with Crippen molar-refractivity contribution in [3.8, 4) is 11.5 Å². The monoisotopic (exact) mass is 409 g/mol. The summed E-state index contributed by atoms with van der Waals surface area (Å²) in [6, 6.07) is 13.4. The lowest BCUT2D eigenvalue weighted by Gasteiger charge is -2.27. The number of benzene rings is 2. The third-order valence-electron chi connectivity index (χ3n) is 5.82. The second kappa shape index (κ2) is 8.75. The predicted molar refractivity (Wildman–Crippen MR) is 113 cm³/mol. The quantitative estimate of drug-likeness (QED) is 0.507. The number of primary amides is 1. The normalized spacial score (nSPS) is 17.6. The first-order valence-corrected chi connectivity index (χ1v) is 10.4. The molecule has 2 saturated carbocycles. The number of aliphatic hydroxyl groups is 1. The summed E-state index contributed by atoms with van der Waals surface area (Å²) in [6.45, 7) is 0.116. The number of carbonyl (C=O) groups is 2. The molecule has 0 bridgehead atoms. The van der Waals surface area contributed by atoms with Gasteiger partial charge in [-0.05, 0) is 73.9 Å². The maximum absolute atomic E-state index is 12.5. The highest BCUT2D eigenvalue weighted by atomic mass is 16.5. The summed E-state index contributed by atoms with van der Waals surface area (Å²) in [7, 11) is 0. The van der Waals surface area contributed by atoms with E-state index >= 15 is 0 Å². The molecule has 2 aromatic rings. The van der Waals surface area contributed by atoms with E-state index < -0.39 is 5.91 Å². The van der Waals surface area contributed by atoms with Gasteiger partial charge in [0, 0.05) is 24.3 Å². The molecule has 3 amide bonds. The average molecular weight is 409 g/mol. The van der Waals surface area contributed by atoms with Crippen LogP contribution in [0.25, 0.3) is 0 Å². The van der Waals surface area contributed by atoms with E-state index in [-0.39, 0.29) is 24.6 Å². The molecule has 30 heavy (non-hydrogen) atoms. The fraction of sp³-hybridized carbons (Fsp3) is 0.391. The number of anilines is 1. The van der Waals surface area contributed by atoms with E-state index in [1.54, 1.807) is 48.5 Å². The molecule has 0 aliphatic heterocycles. The lowest BCUT2D eigenvalue weighted by Crippen LogP contribution is -2.46. The van der Waals surface area contributed by atoms with Crippen molar-refractivity contribution in [1.82, 2.24) is 5.32 Å². The topological polar surface area (TPSA) is 114 Å². The summed E-state index contributed by atoms with van der Waals surface area (Å²) in [5.74, 6) is 1.49. The molecule has 5 N–H and O–H groups in total. The molecule has 0 saturated heterocycles. The van der Waals surface area contributed by atoms with Crippen molar-refractivity contribution in [3.63, 3.8) is 0 Å². The smallest absolute Gasteiger partial charge is 0.319 e. The highest BCUT2D eigenvalue weighted by Crippen LogP contribution is 2.45. The SMILES string of the molecule is NC(=O)c1ccccc1Oc1ccc(NC(=O)NC(C2CC2)C(CO)C2CC2)cc1. The second-order valence-electron chi connectivity index (χ2n) is 8.13. The van der Waals surface area contributed by atoms with Gasteiger partial charge in [0.05, 0.1) is 5.56 Å². The number of urea groups is 1. The van der Waals surface area contributed by atoms with E-state index in [1.165, 1.54) is 0 Å². The van der Waals surface area contributed by atoms with Crippen LogP contribution < -0.4 is 21.1 Å². The molecule has 2 atom stereocenters. The minimum atomic E-state index is -0.557. The fourth-order valence-electron chi connectivity index (χ4n) is 3.92. The minimum absolute atomic E-state index is 0.0235. The van der Waals surface area contributed by atoms with Crippen LogP contribution in [0.3, 0.4) is 0 Å². The first-order valence-electron chi connectivity index (χ1n) is 10.4. The molecule has 4 rings (SSSR count). The molecule has 0 spiro atoms. The van der Waals surface area contributed by atoms with Crippen molar-refractivity contribution in [3.05, 3.63) is 54.1 Å². The summed E-state index contributed by atoms with van der Waals surface area (Å²) < 4.78 is 5.76. The number of rotatable bonds is 9. The number of para-hydroxylation sites is 1. The fourth-order valence-corrected chi connectivity index (χ4v) is 3.92. The maximum atomic E-state index is 12.5. The first kappa shape index (κ1) is 20.2. The van der Waals surface area contributed by atoms with Crippen molar-refractivity contribution >= 4 is 17.6 Å². The summed E-state index contributed by atoms with van der Waals surface area (Å²) in [4.78, 5) is 24.0. The predicted octanol–water partition coefficient (Wildman–Crippen LogP) is 3.50. The largest absolute Gasteiger partial charge is 0.457 e. The highest BCUT2D eigenvalue weighted by Gasteiger charge is 2.43. The Labute approximate surface area is 175 Å². The summed E-state index contributed by atoms with van der Waals surface area (Å²) >= 11 is 0. The lowest BCUT2D eigenvalue weighted by molar-refractivity contribution is 0.0998. The Morgan fingerprint density at radius 3 is 2.30 bits per heavy atom.